The van der Waals surface area contributed by atoms with Gasteiger partial charge in [-0.05, 0) is 32.1 Å². The van der Waals surface area contributed by atoms with Crippen LogP contribution in [0.25, 0.3) is 0 Å². The molecule has 0 heterocycles. The normalized spacial score (nSPS) is 19.1. The summed E-state index contributed by atoms with van der Waals surface area (Å²) in [5, 5.41) is 8.62. The van der Waals surface area contributed by atoms with Gasteiger partial charge in [0.25, 0.3) is 0 Å². The molecule has 1 fully saturated rings. The Hall–Kier alpha value is -0.130. The van der Waals surface area contributed by atoms with E-state index >= 15 is 0 Å². The third kappa shape index (κ3) is 6.12. The number of aliphatic hydroxyl groups excluding tert-OH is 1. The van der Waals surface area contributed by atoms with Crippen LogP contribution >= 0.6 is 0 Å². The van der Waals surface area contributed by atoms with Gasteiger partial charge in [0.1, 0.15) is 0 Å². The second kappa shape index (κ2) is 5.82. The van der Waals surface area contributed by atoms with Crippen LogP contribution in [0.5, 0.6) is 0 Å². The molecule has 5 heteroatoms. The van der Waals surface area contributed by atoms with E-state index in [1.165, 1.54) is 12.8 Å². The Bertz CT molecular complexity index is 272. The van der Waals surface area contributed by atoms with Crippen molar-refractivity contribution in [3.8, 4) is 0 Å². The molecule has 90 valence electrons. The molecule has 1 aliphatic carbocycles. The lowest BCUT2D eigenvalue weighted by Crippen LogP contribution is -2.34. The highest BCUT2D eigenvalue weighted by Gasteiger charge is 2.24. The second-order valence-electron chi connectivity index (χ2n) is 4.44. The molecule has 1 aliphatic rings. The monoisotopic (exact) mass is 235 g/mol. The molecule has 0 aromatic rings. The van der Waals surface area contributed by atoms with Gasteiger partial charge in [0, 0.05) is 12.6 Å². The van der Waals surface area contributed by atoms with Crippen molar-refractivity contribution in [3.63, 3.8) is 0 Å². The van der Waals surface area contributed by atoms with Gasteiger partial charge in [-0.2, -0.15) is 0 Å². The Kier molecular flexibility index (Phi) is 5.02. The average Bonchev–Trinajstić information content (AvgIpc) is 2.94. The first-order valence-corrected chi connectivity index (χ1v) is 7.29. The van der Waals surface area contributed by atoms with Crippen molar-refractivity contribution in [3.05, 3.63) is 0 Å². The maximum Gasteiger partial charge on any atom is 0.211 e. The molecular formula is C10H21NO3S. The highest BCUT2D eigenvalue weighted by molar-refractivity contribution is 7.89. The quantitative estimate of drug-likeness (QED) is 0.656. The molecule has 0 aromatic heterocycles. The first kappa shape index (κ1) is 12.9. The molecule has 1 rings (SSSR count). The largest absolute Gasteiger partial charge is 0.396 e. The first-order chi connectivity index (χ1) is 7.03. The van der Waals surface area contributed by atoms with Gasteiger partial charge < -0.3 is 5.11 Å². The van der Waals surface area contributed by atoms with E-state index in [9.17, 15) is 8.42 Å². The topological polar surface area (TPSA) is 66.4 Å². The van der Waals surface area contributed by atoms with Crippen molar-refractivity contribution in [2.45, 2.75) is 45.1 Å². The van der Waals surface area contributed by atoms with Crippen LogP contribution in [0.1, 0.15) is 39.0 Å². The van der Waals surface area contributed by atoms with Crippen LogP contribution < -0.4 is 4.72 Å². The fraction of sp³-hybridized carbons (Fsp3) is 1.00. The molecule has 0 spiro atoms. The molecule has 0 saturated heterocycles. The van der Waals surface area contributed by atoms with Crippen molar-refractivity contribution in [1.82, 2.24) is 4.72 Å². The van der Waals surface area contributed by atoms with Crippen molar-refractivity contribution < 1.29 is 13.5 Å². The molecule has 0 radical (unpaired) electrons. The molecule has 0 bridgehead atoms. The molecular weight excluding hydrogens is 214 g/mol. The molecule has 15 heavy (non-hydrogen) atoms. The number of hydrogen-bond acceptors (Lipinski definition) is 3. The van der Waals surface area contributed by atoms with Crippen LogP contribution in [0.4, 0.5) is 0 Å². The fourth-order valence-electron chi connectivity index (χ4n) is 1.55. The predicted molar refractivity (Wildman–Crippen MR) is 60.0 cm³/mol. The van der Waals surface area contributed by atoms with Crippen LogP contribution in [0, 0.1) is 5.92 Å². The molecule has 2 N–H and O–H groups in total. The number of sulfonamides is 1. The lowest BCUT2D eigenvalue weighted by molar-refractivity contribution is 0.279. The summed E-state index contributed by atoms with van der Waals surface area (Å²) < 4.78 is 25.8. The summed E-state index contributed by atoms with van der Waals surface area (Å²) in [6.07, 6.45) is 4.51. The van der Waals surface area contributed by atoms with Gasteiger partial charge in [-0.25, -0.2) is 13.1 Å². The number of nitrogens with one attached hydrogen (secondary N) is 1. The molecule has 0 aromatic carbocycles. The van der Waals surface area contributed by atoms with E-state index in [1.807, 2.05) is 6.92 Å². The highest BCUT2D eigenvalue weighted by atomic mass is 32.2. The van der Waals surface area contributed by atoms with Crippen molar-refractivity contribution >= 4 is 10.0 Å². The maximum atomic E-state index is 11.6. The van der Waals surface area contributed by atoms with Crippen LogP contribution in [0.2, 0.25) is 0 Å². The van der Waals surface area contributed by atoms with Gasteiger partial charge in [-0.3, -0.25) is 0 Å². The number of hydrogen-bond donors (Lipinski definition) is 2. The SMILES string of the molecule is CC(CCCO)NS(=O)(=O)CCC1CC1. The van der Waals surface area contributed by atoms with Gasteiger partial charge in [-0.15, -0.1) is 0 Å². The zero-order chi connectivity index (χ0) is 11.3. The van der Waals surface area contributed by atoms with Gasteiger partial charge >= 0.3 is 0 Å². The summed E-state index contributed by atoms with van der Waals surface area (Å²) in [7, 11) is -3.10. The average molecular weight is 235 g/mol. The summed E-state index contributed by atoms with van der Waals surface area (Å²) in [6, 6.07) is -0.0682. The van der Waals surface area contributed by atoms with Crippen LogP contribution in [0.3, 0.4) is 0 Å². The highest BCUT2D eigenvalue weighted by Crippen LogP contribution is 2.32. The van der Waals surface area contributed by atoms with E-state index in [-0.39, 0.29) is 18.4 Å². The Labute approximate surface area is 92.1 Å². The zero-order valence-corrected chi connectivity index (χ0v) is 10.1. The van der Waals surface area contributed by atoms with Crippen molar-refractivity contribution in [2.24, 2.45) is 5.92 Å². The number of aliphatic hydroxyl groups is 1. The second-order valence-corrected chi connectivity index (χ2v) is 6.31. The fourth-order valence-corrected chi connectivity index (χ4v) is 3.04. The van der Waals surface area contributed by atoms with E-state index < -0.39 is 10.0 Å². The Morgan fingerprint density at radius 2 is 2.13 bits per heavy atom. The first-order valence-electron chi connectivity index (χ1n) is 5.64. The van der Waals surface area contributed by atoms with Gasteiger partial charge in [0.05, 0.1) is 5.75 Å². The minimum absolute atomic E-state index is 0.0682. The molecule has 0 aliphatic heterocycles. The standard InChI is InChI=1S/C10H21NO3S/c1-9(3-2-7-12)11-15(13,14)8-6-10-4-5-10/h9-12H,2-8H2,1H3. The Morgan fingerprint density at radius 3 is 2.67 bits per heavy atom. The molecule has 4 nitrogen and oxygen atoms in total. The van der Waals surface area contributed by atoms with Crippen molar-refractivity contribution in [1.29, 1.82) is 0 Å². The third-order valence-electron chi connectivity index (χ3n) is 2.67. The summed E-state index contributed by atoms with van der Waals surface area (Å²) in [4.78, 5) is 0. The number of rotatable bonds is 8. The van der Waals surface area contributed by atoms with Crippen molar-refractivity contribution in [2.75, 3.05) is 12.4 Å². The van der Waals surface area contributed by atoms with Gasteiger partial charge in [-0.1, -0.05) is 12.8 Å². The van der Waals surface area contributed by atoms with E-state index in [4.69, 9.17) is 5.11 Å². The van der Waals surface area contributed by atoms with E-state index in [1.54, 1.807) is 0 Å². The minimum Gasteiger partial charge on any atom is -0.396 e. The van der Waals surface area contributed by atoms with Gasteiger partial charge in [0.2, 0.25) is 10.0 Å². The Balaban J connectivity index is 2.20. The van der Waals surface area contributed by atoms with Crippen LogP contribution in [-0.4, -0.2) is 31.9 Å². The Morgan fingerprint density at radius 1 is 1.47 bits per heavy atom. The van der Waals surface area contributed by atoms with E-state index in [0.29, 0.717) is 18.8 Å². The third-order valence-corrected chi connectivity index (χ3v) is 4.20. The molecule has 0 amide bonds. The maximum absolute atomic E-state index is 11.6. The lowest BCUT2D eigenvalue weighted by atomic mass is 10.2. The lowest BCUT2D eigenvalue weighted by Gasteiger charge is -2.13. The summed E-state index contributed by atoms with van der Waals surface area (Å²) in [6.45, 7) is 1.96. The van der Waals surface area contributed by atoms with Crippen LogP contribution in [0.15, 0.2) is 0 Å². The predicted octanol–water partition coefficient (Wildman–Crippen LogP) is 0.867. The molecule has 1 atom stereocenters. The zero-order valence-electron chi connectivity index (χ0n) is 9.28. The smallest absolute Gasteiger partial charge is 0.211 e. The van der Waals surface area contributed by atoms with E-state index in [2.05, 4.69) is 4.72 Å². The molecule has 1 saturated carbocycles. The van der Waals surface area contributed by atoms with Gasteiger partial charge in [0.15, 0.2) is 0 Å². The molecule has 1 unspecified atom stereocenters. The van der Waals surface area contributed by atoms with E-state index in [0.717, 1.165) is 6.42 Å². The summed E-state index contributed by atoms with van der Waals surface area (Å²) in [5.41, 5.74) is 0. The summed E-state index contributed by atoms with van der Waals surface area (Å²) in [5.74, 6) is 0.899. The summed E-state index contributed by atoms with van der Waals surface area (Å²) >= 11 is 0. The minimum atomic E-state index is -3.10. The van der Waals surface area contributed by atoms with Crippen LogP contribution in [-0.2, 0) is 10.0 Å².